The number of carbonyl (C=O) groups is 1. The molecule has 0 saturated carbocycles. The fourth-order valence-electron chi connectivity index (χ4n) is 5.19. The molecule has 1 aliphatic heterocycles. The van der Waals surface area contributed by atoms with Crippen molar-refractivity contribution in [3.8, 4) is 11.3 Å². The molecule has 4 rings (SSSR count). The molecule has 3 aromatic rings. The molecular weight excluding hydrogens is 652 g/mol. The topological polar surface area (TPSA) is 169 Å². The highest BCUT2D eigenvalue weighted by Crippen LogP contribution is 2.32. The Morgan fingerprint density at radius 1 is 0.878 bits per heavy atom. The van der Waals surface area contributed by atoms with Crippen molar-refractivity contribution in [2.45, 2.75) is 13.3 Å². The molecule has 1 fully saturated rings. The molecule has 1 amide bonds. The Labute approximate surface area is 293 Å². The zero-order chi connectivity index (χ0) is 34.7. The van der Waals surface area contributed by atoms with Crippen LogP contribution in [0.1, 0.15) is 13.3 Å². The maximum atomic E-state index is 11.8. The van der Waals surface area contributed by atoms with Crippen LogP contribution < -0.4 is 21.3 Å². The maximum absolute atomic E-state index is 11.8. The van der Waals surface area contributed by atoms with E-state index in [4.69, 9.17) is 46.4 Å². The molecule has 1 saturated heterocycles. The van der Waals surface area contributed by atoms with Crippen LogP contribution in [-0.2, 0) is 28.5 Å². The van der Waals surface area contributed by atoms with E-state index in [2.05, 4.69) is 42.5 Å². The smallest absolute Gasteiger partial charge is 0.230 e. The van der Waals surface area contributed by atoms with Crippen molar-refractivity contribution in [1.29, 1.82) is 5.41 Å². The van der Waals surface area contributed by atoms with Crippen LogP contribution in [0.5, 0.6) is 0 Å². The third kappa shape index (κ3) is 13.7. The molecule has 15 heteroatoms. The van der Waals surface area contributed by atoms with E-state index >= 15 is 0 Å². The number of halogens is 1. The first kappa shape index (κ1) is 38.2. The number of aromatic nitrogens is 2. The van der Waals surface area contributed by atoms with E-state index in [1.54, 1.807) is 6.07 Å². The number of hydrogen-bond donors (Lipinski definition) is 4. The molecule has 0 atom stereocenters. The minimum Gasteiger partial charge on any atom is -0.379 e. The summed E-state index contributed by atoms with van der Waals surface area (Å²) in [5.41, 5.74) is 9.02. The van der Waals surface area contributed by atoms with E-state index in [0.29, 0.717) is 89.6 Å². The summed E-state index contributed by atoms with van der Waals surface area (Å²) < 4.78 is 27.4. The van der Waals surface area contributed by atoms with Crippen LogP contribution in [0.2, 0.25) is 5.02 Å². The Balaban J connectivity index is 1.07. The fraction of sp³-hybridized carbons (Fsp3) is 0.529. The number of piperazine rings is 1. The van der Waals surface area contributed by atoms with Gasteiger partial charge in [-0.3, -0.25) is 20.4 Å². The van der Waals surface area contributed by atoms with Gasteiger partial charge in [-0.1, -0.05) is 23.7 Å². The van der Waals surface area contributed by atoms with Gasteiger partial charge in [-0.2, -0.15) is 0 Å². The van der Waals surface area contributed by atoms with Gasteiger partial charge in [-0.15, -0.1) is 0 Å². The summed E-state index contributed by atoms with van der Waals surface area (Å²) in [5.74, 6) is -0.0185. The highest BCUT2D eigenvalue weighted by molar-refractivity contribution is 6.31. The van der Waals surface area contributed by atoms with E-state index in [-0.39, 0.29) is 17.8 Å². The van der Waals surface area contributed by atoms with Crippen molar-refractivity contribution >= 4 is 46.0 Å². The van der Waals surface area contributed by atoms with E-state index in [9.17, 15) is 4.79 Å². The standard InChI is InChI=1S/C34H49ClN8O6/c1-2-45-18-19-46-15-8-31(44)38-9-16-47-20-22-49-23-21-48-17-14-42-10-12-43(13-11-42)28-5-3-4-26(24-28)32-29-25-27(35)6-7-30(29)39-34(40-32)41-33(36)37/h3-7,24-25H,2,8-23H2,1H3,(H,38,44)(H4,36,37,39,40,41). The number of nitrogens with zero attached hydrogens (tertiary/aromatic N) is 4. The lowest BCUT2D eigenvalue weighted by Gasteiger charge is -2.36. The molecule has 2 heterocycles. The first-order valence-electron chi connectivity index (χ1n) is 16.7. The Kier molecular flexibility index (Phi) is 16.7. The summed E-state index contributed by atoms with van der Waals surface area (Å²) in [6.07, 6.45) is 0.324. The molecule has 5 N–H and O–H groups in total. The zero-order valence-corrected chi connectivity index (χ0v) is 29.0. The lowest BCUT2D eigenvalue weighted by molar-refractivity contribution is -0.122. The largest absolute Gasteiger partial charge is 0.379 e. The summed E-state index contributed by atoms with van der Waals surface area (Å²) >= 11 is 6.32. The van der Waals surface area contributed by atoms with Crippen LogP contribution in [0.15, 0.2) is 42.5 Å². The van der Waals surface area contributed by atoms with Crippen LogP contribution in [-0.4, -0.2) is 132 Å². The highest BCUT2D eigenvalue weighted by atomic mass is 35.5. The minimum atomic E-state index is -0.228. The van der Waals surface area contributed by atoms with E-state index in [1.807, 2.05) is 31.2 Å². The Bertz CT molecular complexity index is 1460. The predicted molar refractivity (Wildman–Crippen MR) is 192 cm³/mol. The Morgan fingerprint density at radius 3 is 2.31 bits per heavy atom. The summed E-state index contributed by atoms with van der Waals surface area (Å²) in [6, 6.07) is 13.8. The average Bonchev–Trinajstić information content (AvgIpc) is 3.10. The molecule has 1 aromatic heterocycles. The van der Waals surface area contributed by atoms with Gasteiger partial charge in [0.05, 0.1) is 70.7 Å². The molecule has 268 valence electrons. The summed E-state index contributed by atoms with van der Waals surface area (Å²) in [5, 5.41) is 14.5. The van der Waals surface area contributed by atoms with Gasteiger partial charge in [0.2, 0.25) is 11.9 Å². The summed E-state index contributed by atoms with van der Waals surface area (Å²) in [4.78, 5) is 25.7. The first-order chi connectivity index (χ1) is 23.9. The number of carbonyl (C=O) groups excluding carboxylic acids is 1. The molecule has 1 aliphatic rings. The van der Waals surface area contributed by atoms with Gasteiger partial charge in [0.1, 0.15) is 0 Å². The van der Waals surface area contributed by atoms with Gasteiger partial charge >= 0.3 is 0 Å². The van der Waals surface area contributed by atoms with Crippen molar-refractivity contribution in [2.24, 2.45) is 5.73 Å². The highest BCUT2D eigenvalue weighted by Gasteiger charge is 2.18. The molecule has 0 unspecified atom stereocenters. The lowest BCUT2D eigenvalue weighted by Crippen LogP contribution is -2.47. The zero-order valence-electron chi connectivity index (χ0n) is 28.3. The number of rotatable bonds is 22. The van der Waals surface area contributed by atoms with Crippen LogP contribution in [0, 0.1) is 5.41 Å². The normalized spacial score (nSPS) is 13.6. The number of ether oxygens (including phenoxy) is 5. The second-order valence-corrected chi connectivity index (χ2v) is 11.7. The fourth-order valence-corrected chi connectivity index (χ4v) is 5.36. The number of fused-ring (bicyclic) bond motifs is 1. The molecular formula is C34H49ClN8O6. The quantitative estimate of drug-likeness (QED) is 0.0688. The van der Waals surface area contributed by atoms with Gasteiger partial charge in [-0.25, -0.2) is 9.97 Å². The molecule has 0 spiro atoms. The van der Waals surface area contributed by atoms with Crippen molar-refractivity contribution in [3.05, 3.63) is 47.5 Å². The van der Waals surface area contributed by atoms with Crippen LogP contribution in [0.25, 0.3) is 22.2 Å². The first-order valence-corrected chi connectivity index (χ1v) is 17.1. The van der Waals surface area contributed by atoms with Gasteiger partial charge in [-0.05, 0) is 37.3 Å². The van der Waals surface area contributed by atoms with E-state index in [0.717, 1.165) is 55.1 Å². The number of guanidine groups is 1. The predicted octanol–water partition coefficient (Wildman–Crippen LogP) is 2.99. The SMILES string of the molecule is CCOCCOCCC(=O)NCCOCCOCCOCCN1CCN(c2cccc(-c3nc(NC(=N)N)nc4ccc(Cl)cc34)c2)CC1. The number of nitrogens with two attached hydrogens (primary N) is 1. The third-order valence-corrected chi connectivity index (χ3v) is 7.91. The molecule has 0 bridgehead atoms. The molecule has 0 aliphatic carbocycles. The van der Waals surface area contributed by atoms with E-state index < -0.39 is 0 Å². The Morgan fingerprint density at radius 2 is 1.57 bits per heavy atom. The molecule has 2 aromatic carbocycles. The number of hydrogen-bond acceptors (Lipinski definition) is 11. The number of anilines is 2. The number of amides is 1. The van der Waals surface area contributed by atoms with Crippen molar-refractivity contribution < 1.29 is 28.5 Å². The maximum Gasteiger partial charge on any atom is 0.230 e. The van der Waals surface area contributed by atoms with Crippen molar-refractivity contribution in [3.63, 3.8) is 0 Å². The second-order valence-electron chi connectivity index (χ2n) is 11.2. The van der Waals surface area contributed by atoms with Crippen molar-refractivity contribution in [1.82, 2.24) is 20.2 Å². The van der Waals surface area contributed by atoms with Crippen molar-refractivity contribution in [2.75, 3.05) is 116 Å². The average molecular weight is 701 g/mol. The van der Waals surface area contributed by atoms with Gasteiger partial charge in [0.25, 0.3) is 0 Å². The minimum absolute atomic E-state index is 0.0554. The van der Waals surface area contributed by atoms with E-state index in [1.165, 1.54) is 0 Å². The van der Waals surface area contributed by atoms with Crippen LogP contribution in [0.3, 0.4) is 0 Å². The summed E-state index contributed by atoms with van der Waals surface area (Å²) in [7, 11) is 0. The second kappa shape index (κ2) is 21.5. The van der Waals surface area contributed by atoms with Crippen LogP contribution in [0.4, 0.5) is 11.6 Å². The third-order valence-electron chi connectivity index (χ3n) is 7.68. The number of benzene rings is 2. The molecule has 14 nitrogen and oxygen atoms in total. The van der Waals surface area contributed by atoms with Gasteiger partial charge < -0.3 is 39.6 Å². The summed E-state index contributed by atoms with van der Waals surface area (Å²) in [6.45, 7) is 12.1. The monoisotopic (exact) mass is 700 g/mol. The molecule has 49 heavy (non-hydrogen) atoms. The molecule has 0 radical (unpaired) electrons. The number of nitrogens with one attached hydrogen (secondary N) is 3. The van der Waals surface area contributed by atoms with Gasteiger partial charge in [0, 0.05) is 74.0 Å². The van der Waals surface area contributed by atoms with Crippen LogP contribution >= 0.6 is 11.6 Å². The van der Waals surface area contributed by atoms with Gasteiger partial charge in [0.15, 0.2) is 5.96 Å². The Hall–Kier alpha value is -3.63. The lowest BCUT2D eigenvalue weighted by atomic mass is 10.1.